The Morgan fingerprint density at radius 2 is 0.926 bits per heavy atom. The van der Waals surface area contributed by atoms with Crippen molar-refractivity contribution < 1.29 is 76.4 Å². The van der Waals surface area contributed by atoms with Gasteiger partial charge in [0.05, 0.1) is 51.7 Å². The summed E-state index contributed by atoms with van der Waals surface area (Å²) in [7, 11) is -0.515. The number of carbonyl (C=O) groups excluding carboxylic acids is 5. The summed E-state index contributed by atoms with van der Waals surface area (Å²) in [5.41, 5.74) is 19.1. The first-order valence-corrected chi connectivity index (χ1v) is 41.7. The van der Waals surface area contributed by atoms with Crippen molar-refractivity contribution >= 4 is 74.4 Å². The number of pyridine rings is 4. The second-order valence-electron chi connectivity index (χ2n) is 31.0. The van der Waals surface area contributed by atoms with Crippen LogP contribution in [0.15, 0.2) is 230 Å². The van der Waals surface area contributed by atoms with Crippen LogP contribution in [0.5, 0.6) is 40.2 Å². The molecule has 628 valence electrons. The van der Waals surface area contributed by atoms with E-state index in [0.29, 0.717) is 68.3 Å². The maximum absolute atomic E-state index is 13.3. The zero-order chi connectivity index (χ0) is 85.2. The van der Waals surface area contributed by atoms with Crippen LogP contribution in [0.3, 0.4) is 0 Å². The van der Waals surface area contributed by atoms with Crippen molar-refractivity contribution in [1.82, 2.24) is 24.7 Å². The Morgan fingerprint density at radius 3 is 1.42 bits per heavy atom. The topological polar surface area (TPSA) is 342 Å². The highest BCUT2D eigenvalue weighted by atomic mass is 35.5. The van der Waals surface area contributed by atoms with Crippen molar-refractivity contribution in [1.29, 1.82) is 0 Å². The van der Waals surface area contributed by atoms with E-state index in [-0.39, 0.29) is 61.2 Å². The molecule has 4 saturated carbocycles. The van der Waals surface area contributed by atoms with E-state index in [0.717, 1.165) is 152 Å². The Hall–Kier alpha value is -13.5. The number of primary amides is 1. The number of benzene rings is 8. The van der Waals surface area contributed by atoms with Gasteiger partial charge in [0, 0.05) is 50.9 Å². The Morgan fingerprint density at radius 1 is 0.467 bits per heavy atom. The van der Waals surface area contributed by atoms with Gasteiger partial charge in [-0.25, -0.2) is 33.1 Å². The number of amides is 5. The highest BCUT2D eigenvalue weighted by Crippen LogP contribution is 2.55. The third kappa shape index (κ3) is 17.1. The van der Waals surface area contributed by atoms with E-state index in [1.165, 1.54) is 19.2 Å². The number of fused-ring (bicyclic) bond motifs is 3. The molecule has 5 amide bonds. The number of nitrogens with two attached hydrogens (primary N) is 1. The highest BCUT2D eigenvalue weighted by Gasteiger charge is 2.55. The number of aliphatic hydroxyl groups is 1. The minimum Gasteiger partial charge on any atom is -0.497 e. The molecule has 25 nitrogen and oxygen atoms in total. The predicted octanol–water partition coefficient (Wildman–Crippen LogP) is 17.2. The molecule has 0 atom stereocenters. The normalized spacial score (nSPS) is 15.3. The average molecular weight is 1680 g/mol. The number of hydrogen-bond acceptors (Lipinski definition) is 19. The summed E-state index contributed by atoms with van der Waals surface area (Å²) in [6, 6.07) is 64.6. The van der Waals surface area contributed by atoms with Crippen LogP contribution in [0.25, 0.3) is 44.8 Å². The van der Waals surface area contributed by atoms with Gasteiger partial charge < -0.3 is 65.3 Å². The fourth-order valence-electron chi connectivity index (χ4n) is 15.2. The Kier molecular flexibility index (Phi) is 22.9. The van der Waals surface area contributed by atoms with Crippen LogP contribution in [0.1, 0.15) is 118 Å². The molecule has 0 saturated heterocycles. The number of halogens is 1. The summed E-state index contributed by atoms with van der Waals surface area (Å²) in [5, 5.41) is 22.0. The Balaban J connectivity index is 0.000000151. The lowest BCUT2D eigenvalue weighted by atomic mass is 9.94. The number of carbonyl (C=O) groups is 5. The van der Waals surface area contributed by atoms with E-state index in [2.05, 4.69) is 40.9 Å². The molecule has 0 unspecified atom stereocenters. The number of rotatable bonds is 21. The third-order valence-corrected chi connectivity index (χ3v) is 25.2. The first-order valence-electron chi connectivity index (χ1n) is 39.8. The molecule has 27 heteroatoms. The Bertz CT molecular complexity index is 6210. The van der Waals surface area contributed by atoms with Crippen molar-refractivity contribution in [3.8, 4) is 85.0 Å². The predicted molar refractivity (Wildman–Crippen MR) is 471 cm³/mol. The van der Waals surface area contributed by atoms with E-state index in [4.69, 9.17) is 55.5 Å². The molecule has 0 bridgehead atoms. The van der Waals surface area contributed by atoms with Gasteiger partial charge >= 0.3 is 0 Å². The lowest BCUT2D eigenvalue weighted by molar-refractivity contribution is -0.119. The number of aryl methyl sites for hydroxylation is 2. The monoisotopic (exact) mass is 1680 g/mol. The second-order valence-corrected chi connectivity index (χ2v) is 33.4. The van der Waals surface area contributed by atoms with Gasteiger partial charge in [-0.15, -0.1) is 0 Å². The van der Waals surface area contributed by atoms with Crippen LogP contribution < -0.4 is 64.9 Å². The second kappa shape index (κ2) is 33.9. The van der Waals surface area contributed by atoms with Gasteiger partial charge in [-0.05, 0) is 257 Å². The molecule has 12 aromatic rings. The summed E-state index contributed by atoms with van der Waals surface area (Å²) < 4.78 is 63.8. The van der Waals surface area contributed by atoms with Gasteiger partial charge in [0.1, 0.15) is 29.0 Å². The molecule has 19 rings (SSSR count). The fraction of sp³-hybridized carbons (Fsp3) is 0.232. The molecule has 0 spiro atoms. The Labute approximate surface area is 715 Å². The zero-order valence-electron chi connectivity index (χ0n) is 67.7. The molecule has 4 aliphatic carbocycles. The van der Waals surface area contributed by atoms with E-state index < -0.39 is 37.6 Å². The minimum atomic E-state index is -3.50. The third-order valence-electron chi connectivity index (χ3n) is 23.5. The molecule has 8 N–H and O–H groups in total. The van der Waals surface area contributed by atoms with Crippen LogP contribution in [0.4, 0.5) is 23.3 Å². The number of methoxy groups -OCH3 is 1. The standard InChI is InChI=1S/C25H23N3O4.C24H22N2O4.C23H19ClN2O3.C23H23N3O4S.4H2/c1-14-15(2)23(27-12-19(14)16-3-5-17(6-4-16)22(26)29)28-24(30)25(9-10-25)18-7-8-20-21(11-18)32-13-31-20;1-15-2-9-21(25-22(15)17-5-3-16(13-27)4-6-17)26-23(28)24(10-11-24)18-7-8-19-20(12-18)30-14-29-19;1-14-10-16(15-2-5-18(24)6-3-15)12-25-21(14)26-22(27)23(8-9-23)17-4-7-19-20(11-17)29-13-28-19;1-24-31(28,29)19-12-6-16(7-13-19)20-4-3-5-21(25-20)26-22(27)23(14-15-23)17-8-10-18(30-2)11-9-17;;;;/h3-8,11-12H,9-10,13H2,1-2H3,(H2,26,29)(H,27,28,30);2-9,12,27H,10-11,13-14H2,1H3,(H,25,26,28);2-7,10-12H,8-9,13H2,1H3,(H,25,26,27);3-13,24H,14-15H2,1-2H3,(H,25,26,27);4*1H. The van der Waals surface area contributed by atoms with Crippen LogP contribution in [-0.2, 0) is 57.5 Å². The molecule has 7 aliphatic rings. The lowest BCUT2D eigenvalue weighted by Crippen LogP contribution is -2.28. The van der Waals surface area contributed by atoms with Gasteiger partial charge in [0.15, 0.2) is 34.5 Å². The van der Waals surface area contributed by atoms with Crippen LogP contribution in [-0.4, -0.2) is 97.5 Å². The number of aliphatic hydroxyl groups excluding tert-OH is 1. The van der Waals surface area contributed by atoms with Crippen LogP contribution >= 0.6 is 11.6 Å². The quantitative estimate of drug-likeness (QED) is 0.0351. The van der Waals surface area contributed by atoms with Crippen molar-refractivity contribution in [2.24, 2.45) is 5.73 Å². The van der Waals surface area contributed by atoms with Crippen LogP contribution in [0.2, 0.25) is 5.02 Å². The number of nitrogens with one attached hydrogen (secondary N) is 5. The summed E-state index contributed by atoms with van der Waals surface area (Å²) in [6.45, 7) is 8.52. The van der Waals surface area contributed by atoms with Gasteiger partial charge in [0.25, 0.3) is 0 Å². The van der Waals surface area contributed by atoms with Gasteiger partial charge in [0.2, 0.25) is 59.9 Å². The van der Waals surface area contributed by atoms with Crippen molar-refractivity contribution in [2.75, 3.05) is 55.8 Å². The molecular formula is C95H95ClN10O15S. The molecule has 122 heavy (non-hydrogen) atoms. The maximum Gasteiger partial charge on any atom is 0.248 e. The molecule has 0 radical (unpaired) electrons. The number of aromatic nitrogens is 4. The zero-order valence-corrected chi connectivity index (χ0v) is 69.2. The fourth-order valence-corrected chi connectivity index (χ4v) is 16.0. The number of hydrogen-bond donors (Lipinski definition) is 7. The molecule has 8 aromatic carbocycles. The van der Waals surface area contributed by atoms with E-state index in [9.17, 15) is 37.5 Å². The van der Waals surface area contributed by atoms with Gasteiger partial charge in [-0.3, -0.25) is 24.0 Å². The van der Waals surface area contributed by atoms with Gasteiger partial charge in [-0.2, -0.15) is 0 Å². The van der Waals surface area contributed by atoms with Gasteiger partial charge in [-0.1, -0.05) is 115 Å². The van der Waals surface area contributed by atoms with E-state index in [1.54, 1.807) is 49.8 Å². The highest BCUT2D eigenvalue weighted by molar-refractivity contribution is 7.89. The maximum atomic E-state index is 13.3. The summed E-state index contributed by atoms with van der Waals surface area (Å²) in [5.74, 6) is 6.37. The SMILES string of the molecule is CNS(=O)(=O)c1ccc(-c2cccc(NC(=O)C3(c4ccc(OC)cc4)CC3)n2)cc1.Cc1c(-c2ccc(C(N)=O)cc2)cnc(NC(=O)C2(c3ccc4c(c3)OCO4)CC2)c1C.Cc1cc(-c2ccc(Cl)cc2)cnc1NC(=O)C1(c2ccc3c(c2)OCO3)CC1.Cc1ccc(NC(=O)C2(c3ccc4c(c3)OCO4)CC2)nc1-c1ccc(CO)cc1.[HH].[HH].[HH].[HH]. The smallest absolute Gasteiger partial charge is 0.248 e. The summed E-state index contributed by atoms with van der Waals surface area (Å²) >= 11 is 5.97. The largest absolute Gasteiger partial charge is 0.497 e. The van der Waals surface area contributed by atoms with Crippen molar-refractivity contribution in [3.63, 3.8) is 0 Å². The van der Waals surface area contributed by atoms with E-state index in [1.807, 2.05) is 198 Å². The number of anilines is 4. The number of ether oxygens (including phenoxy) is 7. The van der Waals surface area contributed by atoms with Crippen molar-refractivity contribution in [3.05, 3.63) is 285 Å². The number of sulfonamides is 1. The summed E-state index contributed by atoms with van der Waals surface area (Å²) in [6.07, 6.45) is 9.84. The molecular weight excluding hydrogens is 1590 g/mol. The first-order chi connectivity index (χ1) is 58.9. The first kappa shape index (κ1) is 82.2. The summed E-state index contributed by atoms with van der Waals surface area (Å²) in [4.78, 5) is 82.3. The van der Waals surface area contributed by atoms with E-state index >= 15 is 0 Å². The average Bonchev–Trinajstić information content (AvgIpc) is 1.61. The lowest BCUT2D eigenvalue weighted by Gasteiger charge is -2.18. The minimum absolute atomic E-state index is 0. The molecule has 3 aliphatic heterocycles. The molecule has 4 fully saturated rings. The molecule has 7 heterocycles. The molecule has 4 aromatic heterocycles. The van der Waals surface area contributed by atoms with Crippen LogP contribution in [0, 0.1) is 27.7 Å². The number of nitrogens with zero attached hydrogens (tertiary/aromatic N) is 4. The van der Waals surface area contributed by atoms with Crippen molar-refractivity contribution in [2.45, 2.75) is 112 Å².